The van der Waals surface area contributed by atoms with E-state index in [0.717, 1.165) is 51.9 Å². The van der Waals surface area contributed by atoms with Gasteiger partial charge in [-0.2, -0.15) is 0 Å². The van der Waals surface area contributed by atoms with Gasteiger partial charge in [-0.1, -0.05) is 0 Å². The molecule has 0 aromatic rings. The van der Waals surface area contributed by atoms with Crippen LogP contribution in [0.5, 0.6) is 0 Å². The van der Waals surface area contributed by atoms with Crippen LogP contribution in [0.15, 0.2) is 0 Å². The standard InChI is InChI=1S/C13H26N2O2/c1-12(2)17-10-6-3-7-14-11-13(16)15-8-4-5-9-15/h12,14H,3-11H2,1-2H3. The third-order valence-corrected chi connectivity index (χ3v) is 2.93. The maximum Gasteiger partial charge on any atom is 0.236 e. The van der Waals surface area contributed by atoms with Crippen molar-refractivity contribution in [2.24, 2.45) is 0 Å². The van der Waals surface area contributed by atoms with E-state index in [-0.39, 0.29) is 5.91 Å². The van der Waals surface area contributed by atoms with Gasteiger partial charge in [0.15, 0.2) is 0 Å². The van der Waals surface area contributed by atoms with Crippen LogP contribution in [0.3, 0.4) is 0 Å². The van der Waals surface area contributed by atoms with E-state index in [1.165, 1.54) is 0 Å². The minimum atomic E-state index is 0.251. The number of nitrogens with one attached hydrogen (secondary N) is 1. The normalized spacial score (nSPS) is 15.8. The summed E-state index contributed by atoms with van der Waals surface area (Å²) in [6.07, 6.45) is 4.78. The summed E-state index contributed by atoms with van der Waals surface area (Å²) >= 11 is 0. The zero-order valence-corrected chi connectivity index (χ0v) is 11.2. The fraction of sp³-hybridized carbons (Fsp3) is 0.923. The Labute approximate surface area is 105 Å². The second-order valence-corrected chi connectivity index (χ2v) is 4.89. The number of hydrogen-bond donors (Lipinski definition) is 1. The van der Waals surface area contributed by atoms with Crippen molar-refractivity contribution in [1.29, 1.82) is 0 Å². The number of carbonyl (C=O) groups excluding carboxylic acids is 1. The third-order valence-electron chi connectivity index (χ3n) is 2.93. The first-order valence-corrected chi connectivity index (χ1v) is 6.80. The van der Waals surface area contributed by atoms with E-state index in [0.29, 0.717) is 12.6 Å². The Hall–Kier alpha value is -0.610. The Balaban J connectivity index is 1.88. The van der Waals surface area contributed by atoms with Gasteiger partial charge in [0.25, 0.3) is 0 Å². The molecule has 1 fully saturated rings. The number of carbonyl (C=O) groups is 1. The van der Waals surface area contributed by atoms with Crippen LogP contribution < -0.4 is 5.32 Å². The largest absolute Gasteiger partial charge is 0.379 e. The van der Waals surface area contributed by atoms with E-state index in [4.69, 9.17) is 4.74 Å². The van der Waals surface area contributed by atoms with Crippen molar-refractivity contribution in [2.45, 2.75) is 45.6 Å². The SMILES string of the molecule is CC(C)OCCCCNCC(=O)N1CCCC1. The van der Waals surface area contributed by atoms with Crippen molar-refractivity contribution in [1.82, 2.24) is 10.2 Å². The van der Waals surface area contributed by atoms with Gasteiger partial charge in [-0.3, -0.25) is 4.79 Å². The van der Waals surface area contributed by atoms with Crippen LogP contribution in [-0.4, -0.2) is 49.7 Å². The van der Waals surface area contributed by atoms with Gasteiger partial charge in [-0.15, -0.1) is 0 Å². The Kier molecular flexibility index (Phi) is 7.21. The van der Waals surface area contributed by atoms with Crippen LogP contribution in [0.1, 0.15) is 39.5 Å². The molecule has 0 aliphatic carbocycles. The predicted octanol–water partition coefficient (Wildman–Crippen LogP) is 1.40. The average molecular weight is 242 g/mol. The molecule has 0 bridgehead atoms. The quantitative estimate of drug-likeness (QED) is 0.654. The molecule has 1 amide bonds. The van der Waals surface area contributed by atoms with Crippen molar-refractivity contribution in [3.63, 3.8) is 0 Å². The molecule has 17 heavy (non-hydrogen) atoms. The first kappa shape index (κ1) is 14.5. The van der Waals surface area contributed by atoms with Crippen molar-refractivity contribution in [2.75, 3.05) is 32.8 Å². The summed E-state index contributed by atoms with van der Waals surface area (Å²) in [6, 6.07) is 0. The summed E-state index contributed by atoms with van der Waals surface area (Å²) in [5.74, 6) is 0.251. The monoisotopic (exact) mass is 242 g/mol. The molecule has 4 heteroatoms. The molecule has 0 saturated carbocycles. The summed E-state index contributed by atoms with van der Waals surface area (Å²) in [5.41, 5.74) is 0. The van der Waals surface area contributed by atoms with Crippen molar-refractivity contribution < 1.29 is 9.53 Å². The molecule has 1 aliphatic rings. The summed E-state index contributed by atoms with van der Waals surface area (Å²) in [5, 5.41) is 3.20. The Morgan fingerprint density at radius 1 is 1.29 bits per heavy atom. The van der Waals surface area contributed by atoms with Crippen LogP contribution in [0.4, 0.5) is 0 Å². The van der Waals surface area contributed by atoms with Gasteiger partial charge in [0.2, 0.25) is 5.91 Å². The lowest BCUT2D eigenvalue weighted by Crippen LogP contribution is -2.36. The molecule has 1 rings (SSSR count). The molecule has 0 aromatic carbocycles. The number of amides is 1. The summed E-state index contributed by atoms with van der Waals surface area (Å²) in [4.78, 5) is 13.6. The Morgan fingerprint density at radius 3 is 2.65 bits per heavy atom. The molecular formula is C13H26N2O2. The van der Waals surface area contributed by atoms with Gasteiger partial charge < -0.3 is 15.0 Å². The number of nitrogens with zero attached hydrogens (tertiary/aromatic N) is 1. The topological polar surface area (TPSA) is 41.6 Å². The number of likely N-dealkylation sites (tertiary alicyclic amines) is 1. The van der Waals surface area contributed by atoms with E-state index >= 15 is 0 Å². The molecule has 0 unspecified atom stereocenters. The van der Waals surface area contributed by atoms with Crippen LogP contribution in [0, 0.1) is 0 Å². The zero-order valence-electron chi connectivity index (χ0n) is 11.2. The fourth-order valence-corrected chi connectivity index (χ4v) is 1.94. The molecule has 0 spiro atoms. The van der Waals surface area contributed by atoms with Crippen molar-refractivity contribution >= 4 is 5.91 Å². The lowest BCUT2D eigenvalue weighted by Gasteiger charge is -2.15. The third kappa shape index (κ3) is 6.64. The minimum Gasteiger partial charge on any atom is -0.379 e. The Bertz CT molecular complexity index is 213. The zero-order chi connectivity index (χ0) is 12.5. The molecule has 1 aliphatic heterocycles. The molecular weight excluding hydrogens is 216 g/mol. The molecule has 0 atom stereocenters. The van der Waals surface area contributed by atoms with Crippen molar-refractivity contribution in [3.8, 4) is 0 Å². The molecule has 1 saturated heterocycles. The van der Waals surface area contributed by atoms with E-state index in [1.807, 2.05) is 18.7 Å². The number of hydrogen-bond acceptors (Lipinski definition) is 3. The van der Waals surface area contributed by atoms with E-state index in [2.05, 4.69) is 5.32 Å². The highest BCUT2D eigenvalue weighted by Gasteiger charge is 2.16. The number of ether oxygens (including phenoxy) is 1. The predicted molar refractivity (Wildman–Crippen MR) is 69.0 cm³/mol. The minimum absolute atomic E-state index is 0.251. The lowest BCUT2D eigenvalue weighted by molar-refractivity contribution is -0.129. The molecule has 1 N–H and O–H groups in total. The highest BCUT2D eigenvalue weighted by atomic mass is 16.5. The van der Waals surface area contributed by atoms with Crippen LogP contribution >= 0.6 is 0 Å². The van der Waals surface area contributed by atoms with Gasteiger partial charge in [0.1, 0.15) is 0 Å². The Morgan fingerprint density at radius 2 is 2.00 bits per heavy atom. The summed E-state index contributed by atoms with van der Waals surface area (Å²) in [7, 11) is 0. The number of unbranched alkanes of at least 4 members (excludes halogenated alkanes) is 1. The molecule has 0 radical (unpaired) electrons. The van der Waals surface area contributed by atoms with Gasteiger partial charge in [-0.05, 0) is 46.1 Å². The number of rotatable bonds is 8. The first-order valence-electron chi connectivity index (χ1n) is 6.80. The van der Waals surface area contributed by atoms with Crippen LogP contribution in [0.25, 0.3) is 0 Å². The molecule has 1 heterocycles. The molecule has 100 valence electrons. The summed E-state index contributed by atoms with van der Waals surface area (Å²) < 4.78 is 5.45. The average Bonchev–Trinajstić information content (AvgIpc) is 2.80. The van der Waals surface area contributed by atoms with E-state index in [9.17, 15) is 4.79 Å². The van der Waals surface area contributed by atoms with Gasteiger partial charge in [-0.25, -0.2) is 0 Å². The van der Waals surface area contributed by atoms with E-state index in [1.54, 1.807) is 0 Å². The van der Waals surface area contributed by atoms with Crippen molar-refractivity contribution in [3.05, 3.63) is 0 Å². The van der Waals surface area contributed by atoms with Gasteiger partial charge in [0, 0.05) is 19.7 Å². The first-order chi connectivity index (χ1) is 8.20. The summed E-state index contributed by atoms with van der Waals surface area (Å²) in [6.45, 7) is 8.21. The molecule has 0 aromatic heterocycles. The molecule has 4 nitrogen and oxygen atoms in total. The lowest BCUT2D eigenvalue weighted by atomic mass is 10.3. The van der Waals surface area contributed by atoms with Crippen LogP contribution in [0.2, 0.25) is 0 Å². The van der Waals surface area contributed by atoms with E-state index < -0.39 is 0 Å². The fourth-order valence-electron chi connectivity index (χ4n) is 1.94. The maximum atomic E-state index is 11.7. The van der Waals surface area contributed by atoms with Crippen LogP contribution in [-0.2, 0) is 9.53 Å². The smallest absolute Gasteiger partial charge is 0.236 e. The second-order valence-electron chi connectivity index (χ2n) is 4.89. The van der Waals surface area contributed by atoms with Gasteiger partial charge >= 0.3 is 0 Å². The second kappa shape index (κ2) is 8.48. The highest BCUT2D eigenvalue weighted by molar-refractivity contribution is 5.78. The van der Waals surface area contributed by atoms with Gasteiger partial charge in [0.05, 0.1) is 12.6 Å². The maximum absolute atomic E-state index is 11.7. The highest BCUT2D eigenvalue weighted by Crippen LogP contribution is 2.06.